The molecule has 3 N–H and O–H groups in total. The molecule has 0 fully saturated rings. The quantitative estimate of drug-likeness (QED) is 0.348. The molecule has 4 amide bonds. The van der Waals surface area contributed by atoms with Crippen LogP contribution < -0.4 is 26.6 Å². The van der Waals surface area contributed by atoms with E-state index in [9.17, 15) is 14.4 Å². The molecule has 0 saturated carbocycles. The molecule has 0 unspecified atom stereocenters. The van der Waals surface area contributed by atoms with E-state index in [1.165, 1.54) is 10.6 Å². The molecule has 9 heteroatoms. The lowest BCUT2D eigenvalue weighted by molar-refractivity contribution is 0.236. The zero-order valence-electron chi connectivity index (χ0n) is 18.5. The van der Waals surface area contributed by atoms with E-state index in [1.54, 1.807) is 79.0 Å². The van der Waals surface area contributed by atoms with Crippen LogP contribution in [0.1, 0.15) is 5.56 Å². The van der Waals surface area contributed by atoms with Crippen LogP contribution in [-0.4, -0.2) is 16.6 Å². The molecule has 4 rings (SSSR count). The summed E-state index contributed by atoms with van der Waals surface area (Å²) in [6.07, 6.45) is 1.69. The van der Waals surface area contributed by atoms with Gasteiger partial charge in [0.2, 0.25) is 0 Å². The number of para-hydroxylation sites is 1. The van der Waals surface area contributed by atoms with Gasteiger partial charge in [-0.15, -0.1) is 0 Å². The van der Waals surface area contributed by atoms with Crippen LogP contribution in [0.2, 0.25) is 5.02 Å². The van der Waals surface area contributed by atoms with Gasteiger partial charge in [0.05, 0.1) is 5.69 Å². The highest BCUT2D eigenvalue weighted by atomic mass is 35.5. The Balaban J connectivity index is 1.42. The number of hydrogen-bond donors (Lipinski definition) is 3. The molecule has 0 saturated heterocycles. The van der Waals surface area contributed by atoms with Gasteiger partial charge in [0.1, 0.15) is 0 Å². The standard InChI is InChI=1S/C26H22ClN5O3/c27-20-11-13-21(14-12-20)29-25(34)30-32(23-6-2-1-3-7-23)26(35)28-18-19-9-15-22(16-10-19)31-17-5-4-8-24(31)33/h1-17H,18H2,(H,28,35)(H2,29,30,34). The van der Waals surface area contributed by atoms with E-state index < -0.39 is 12.1 Å². The van der Waals surface area contributed by atoms with Crippen LogP contribution in [0.5, 0.6) is 0 Å². The molecular formula is C26H22ClN5O3. The zero-order chi connectivity index (χ0) is 24.6. The van der Waals surface area contributed by atoms with E-state index >= 15 is 0 Å². The maximum atomic E-state index is 13.0. The second-order valence-electron chi connectivity index (χ2n) is 7.48. The van der Waals surface area contributed by atoms with Gasteiger partial charge in [0.25, 0.3) is 5.56 Å². The van der Waals surface area contributed by atoms with Gasteiger partial charge in [0.15, 0.2) is 0 Å². The average molecular weight is 488 g/mol. The molecule has 3 aromatic carbocycles. The van der Waals surface area contributed by atoms with Gasteiger partial charge in [-0.05, 0) is 60.2 Å². The number of benzene rings is 3. The first-order chi connectivity index (χ1) is 17.0. The summed E-state index contributed by atoms with van der Waals surface area (Å²) in [5.41, 5.74) is 4.99. The van der Waals surface area contributed by atoms with Crippen LogP contribution >= 0.6 is 11.6 Å². The van der Waals surface area contributed by atoms with Gasteiger partial charge in [-0.3, -0.25) is 9.36 Å². The van der Waals surface area contributed by atoms with Crippen molar-refractivity contribution in [3.63, 3.8) is 0 Å². The third kappa shape index (κ3) is 6.27. The number of carbonyl (C=O) groups is 2. The number of amides is 4. The lowest BCUT2D eigenvalue weighted by atomic mass is 10.2. The Morgan fingerprint density at radius 1 is 0.829 bits per heavy atom. The number of aromatic nitrogens is 1. The van der Waals surface area contributed by atoms with Crippen LogP contribution in [0.15, 0.2) is 108 Å². The van der Waals surface area contributed by atoms with E-state index in [2.05, 4.69) is 16.1 Å². The minimum absolute atomic E-state index is 0.130. The van der Waals surface area contributed by atoms with E-state index in [0.717, 1.165) is 16.3 Å². The number of hydrazine groups is 1. The van der Waals surface area contributed by atoms with Gasteiger partial charge in [-0.25, -0.2) is 20.0 Å². The third-order valence-electron chi connectivity index (χ3n) is 5.01. The highest BCUT2D eigenvalue weighted by Gasteiger charge is 2.18. The molecule has 0 spiro atoms. The number of pyridine rings is 1. The van der Waals surface area contributed by atoms with Crippen molar-refractivity contribution in [1.29, 1.82) is 0 Å². The van der Waals surface area contributed by atoms with Gasteiger partial charge >= 0.3 is 12.1 Å². The Hall–Kier alpha value is -4.56. The van der Waals surface area contributed by atoms with Crippen LogP contribution in [0.3, 0.4) is 0 Å². The third-order valence-corrected chi connectivity index (χ3v) is 5.27. The molecule has 35 heavy (non-hydrogen) atoms. The number of halogens is 1. The summed E-state index contributed by atoms with van der Waals surface area (Å²) in [6, 6.07) is 26.4. The molecule has 1 aromatic heterocycles. The van der Waals surface area contributed by atoms with Crippen molar-refractivity contribution in [2.45, 2.75) is 6.54 Å². The molecule has 0 atom stereocenters. The first-order valence-corrected chi connectivity index (χ1v) is 11.1. The number of urea groups is 2. The summed E-state index contributed by atoms with van der Waals surface area (Å²) in [5, 5.41) is 7.14. The van der Waals surface area contributed by atoms with Crippen LogP contribution in [0.25, 0.3) is 5.69 Å². The predicted molar refractivity (Wildman–Crippen MR) is 137 cm³/mol. The fraction of sp³-hybridized carbons (Fsp3) is 0.0385. The monoisotopic (exact) mass is 487 g/mol. The highest BCUT2D eigenvalue weighted by Crippen LogP contribution is 2.15. The van der Waals surface area contributed by atoms with Gasteiger partial charge < -0.3 is 10.6 Å². The van der Waals surface area contributed by atoms with Crippen molar-refractivity contribution in [2.24, 2.45) is 0 Å². The topological polar surface area (TPSA) is 95.5 Å². The SMILES string of the molecule is O=C(Nc1ccc(Cl)cc1)NN(C(=O)NCc1ccc(-n2ccccc2=O)cc1)c1ccccc1. The molecule has 1 heterocycles. The molecule has 8 nitrogen and oxygen atoms in total. The van der Waals surface area contributed by atoms with Crippen molar-refractivity contribution in [3.8, 4) is 5.69 Å². The van der Waals surface area contributed by atoms with Crippen LogP contribution in [0.4, 0.5) is 21.0 Å². The molecule has 0 radical (unpaired) electrons. The Bertz CT molecular complexity index is 1360. The molecule has 0 aliphatic carbocycles. The minimum Gasteiger partial charge on any atom is -0.332 e. The Morgan fingerprint density at radius 2 is 1.51 bits per heavy atom. The normalized spacial score (nSPS) is 10.3. The van der Waals surface area contributed by atoms with Gasteiger partial charge in [-0.2, -0.15) is 0 Å². The lowest BCUT2D eigenvalue weighted by Gasteiger charge is -2.24. The maximum Gasteiger partial charge on any atom is 0.341 e. The number of hydrogen-bond acceptors (Lipinski definition) is 3. The van der Waals surface area contributed by atoms with Crippen molar-refractivity contribution < 1.29 is 9.59 Å². The summed E-state index contributed by atoms with van der Waals surface area (Å²) >= 11 is 5.88. The van der Waals surface area contributed by atoms with E-state index in [1.807, 2.05) is 18.2 Å². The zero-order valence-corrected chi connectivity index (χ0v) is 19.3. The molecular weight excluding hydrogens is 466 g/mol. The van der Waals surface area contributed by atoms with Crippen molar-refractivity contribution >= 4 is 35.0 Å². The van der Waals surface area contributed by atoms with Gasteiger partial charge in [0, 0.05) is 35.2 Å². The first kappa shape index (κ1) is 23.6. The molecule has 0 aliphatic rings. The Kier molecular flexibility index (Phi) is 7.44. The average Bonchev–Trinajstić information content (AvgIpc) is 2.88. The van der Waals surface area contributed by atoms with Crippen molar-refractivity contribution in [3.05, 3.63) is 124 Å². The predicted octanol–water partition coefficient (Wildman–Crippen LogP) is 4.94. The Morgan fingerprint density at radius 3 is 2.20 bits per heavy atom. The van der Waals surface area contributed by atoms with E-state index in [-0.39, 0.29) is 12.1 Å². The van der Waals surface area contributed by atoms with E-state index in [0.29, 0.717) is 16.4 Å². The van der Waals surface area contributed by atoms with Crippen LogP contribution in [0, 0.1) is 0 Å². The second-order valence-corrected chi connectivity index (χ2v) is 7.91. The highest BCUT2D eigenvalue weighted by molar-refractivity contribution is 6.30. The lowest BCUT2D eigenvalue weighted by Crippen LogP contribution is -2.52. The van der Waals surface area contributed by atoms with Crippen molar-refractivity contribution in [2.75, 3.05) is 10.3 Å². The molecule has 0 aliphatic heterocycles. The number of nitrogens with one attached hydrogen (secondary N) is 3. The smallest absolute Gasteiger partial charge is 0.332 e. The molecule has 0 bridgehead atoms. The minimum atomic E-state index is -0.594. The van der Waals surface area contributed by atoms with E-state index in [4.69, 9.17) is 11.6 Å². The van der Waals surface area contributed by atoms with Crippen LogP contribution in [-0.2, 0) is 6.54 Å². The fourth-order valence-corrected chi connectivity index (χ4v) is 3.40. The largest absolute Gasteiger partial charge is 0.341 e. The molecule has 4 aromatic rings. The summed E-state index contributed by atoms with van der Waals surface area (Å²) in [4.78, 5) is 37.5. The van der Waals surface area contributed by atoms with Gasteiger partial charge in [-0.1, -0.05) is 48.0 Å². The number of rotatable bonds is 5. The summed E-state index contributed by atoms with van der Waals surface area (Å²) < 4.78 is 1.53. The summed E-state index contributed by atoms with van der Waals surface area (Å²) in [5.74, 6) is 0. The maximum absolute atomic E-state index is 13.0. The fourth-order valence-electron chi connectivity index (χ4n) is 3.28. The second kappa shape index (κ2) is 11.0. The number of carbonyl (C=O) groups excluding carboxylic acids is 2. The summed E-state index contributed by atoms with van der Waals surface area (Å²) in [7, 11) is 0. The van der Waals surface area contributed by atoms with Crippen molar-refractivity contribution in [1.82, 2.24) is 15.3 Å². The molecule has 176 valence electrons. The Labute approximate surface area is 206 Å². The number of nitrogens with zero attached hydrogens (tertiary/aromatic N) is 2. The first-order valence-electron chi connectivity index (χ1n) is 10.7. The summed E-state index contributed by atoms with van der Waals surface area (Å²) in [6.45, 7) is 0.215. The number of anilines is 2.